The Balaban J connectivity index is 2.13. The van der Waals surface area contributed by atoms with Crippen LogP contribution in [0.5, 0.6) is 0 Å². The number of aromatic nitrogens is 2. The topological polar surface area (TPSA) is 63.8 Å². The lowest BCUT2D eigenvalue weighted by molar-refractivity contribution is 0.536. The summed E-state index contributed by atoms with van der Waals surface area (Å²) >= 11 is 0. The van der Waals surface area contributed by atoms with E-state index in [1.54, 1.807) is 24.4 Å². The van der Waals surface area contributed by atoms with Crippen molar-refractivity contribution in [1.82, 2.24) is 15.4 Å². The molecule has 0 aliphatic rings. The van der Waals surface area contributed by atoms with Crippen molar-refractivity contribution >= 4 is 0 Å². The molecule has 5 heteroatoms. The maximum atomic E-state index is 12.8. The van der Waals surface area contributed by atoms with E-state index < -0.39 is 0 Å². The Morgan fingerprint density at radius 3 is 2.59 bits per heavy atom. The maximum Gasteiger partial charge on any atom is 0.123 e. The van der Waals surface area contributed by atoms with Crippen molar-refractivity contribution in [3.8, 4) is 0 Å². The summed E-state index contributed by atoms with van der Waals surface area (Å²) in [6.07, 6.45) is 3.79. The zero-order valence-electron chi connectivity index (χ0n) is 9.18. The smallest absolute Gasteiger partial charge is 0.123 e. The molecule has 88 valence electrons. The van der Waals surface area contributed by atoms with Crippen LogP contribution < -0.4 is 11.3 Å². The first-order valence-corrected chi connectivity index (χ1v) is 5.26. The maximum absolute atomic E-state index is 12.8. The van der Waals surface area contributed by atoms with E-state index in [2.05, 4.69) is 15.4 Å². The molecule has 2 aromatic rings. The Labute approximate surface area is 98.7 Å². The summed E-state index contributed by atoms with van der Waals surface area (Å²) in [6.45, 7) is 0. The number of hydrogen-bond acceptors (Lipinski definition) is 4. The van der Waals surface area contributed by atoms with E-state index in [-0.39, 0.29) is 11.9 Å². The van der Waals surface area contributed by atoms with E-state index in [4.69, 9.17) is 5.84 Å². The first kappa shape index (κ1) is 11.6. The Hall–Kier alpha value is -1.85. The SMILES string of the molecule is NNC(Cc1ccc(F)cc1)c1ccncn1. The van der Waals surface area contributed by atoms with Crippen molar-refractivity contribution in [2.24, 2.45) is 5.84 Å². The normalized spacial score (nSPS) is 12.4. The van der Waals surface area contributed by atoms with Crippen molar-refractivity contribution < 1.29 is 4.39 Å². The van der Waals surface area contributed by atoms with Crippen LogP contribution in [0.3, 0.4) is 0 Å². The van der Waals surface area contributed by atoms with Crippen LogP contribution in [-0.2, 0) is 6.42 Å². The highest BCUT2D eigenvalue weighted by Crippen LogP contribution is 2.15. The average molecular weight is 232 g/mol. The van der Waals surface area contributed by atoms with Crippen LogP contribution in [0.2, 0.25) is 0 Å². The molecule has 2 rings (SSSR count). The second kappa shape index (κ2) is 5.47. The largest absolute Gasteiger partial charge is 0.271 e. The Morgan fingerprint density at radius 1 is 1.24 bits per heavy atom. The summed E-state index contributed by atoms with van der Waals surface area (Å²) in [7, 11) is 0. The third kappa shape index (κ3) is 3.05. The highest BCUT2D eigenvalue weighted by Gasteiger charge is 2.11. The minimum Gasteiger partial charge on any atom is -0.271 e. The van der Waals surface area contributed by atoms with Crippen LogP contribution in [0.1, 0.15) is 17.3 Å². The summed E-state index contributed by atoms with van der Waals surface area (Å²) < 4.78 is 12.8. The second-order valence-electron chi connectivity index (χ2n) is 3.68. The van der Waals surface area contributed by atoms with Crippen molar-refractivity contribution in [2.75, 3.05) is 0 Å². The molecule has 0 saturated heterocycles. The van der Waals surface area contributed by atoms with Crippen molar-refractivity contribution in [3.05, 3.63) is 59.9 Å². The van der Waals surface area contributed by atoms with Crippen LogP contribution in [0, 0.1) is 5.82 Å². The third-order valence-corrected chi connectivity index (χ3v) is 2.52. The van der Waals surface area contributed by atoms with Gasteiger partial charge in [-0.05, 0) is 30.2 Å². The molecule has 17 heavy (non-hydrogen) atoms. The van der Waals surface area contributed by atoms with E-state index >= 15 is 0 Å². The summed E-state index contributed by atoms with van der Waals surface area (Å²) in [5.74, 6) is 5.26. The van der Waals surface area contributed by atoms with Crippen molar-refractivity contribution in [2.45, 2.75) is 12.5 Å². The van der Waals surface area contributed by atoms with Gasteiger partial charge in [0.05, 0.1) is 11.7 Å². The molecule has 1 unspecified atom stereocenters. The van der Waals surface area contributed by atoms with E-state index in [1.165, 1.54) is 18.5 Å². The van der Waals surface area contributed by atoms with Gasteiger partial charge >= 0.3 is 0 Å². The van der Waals surface area contributed by atoms with Gasteiger partial charge in [-0.25, -0.2) is 14.4 Å². The molecule has 4 nitrogen and oxygen atoms in total. The number of hydrazine groups is 1. The molecular weight excluding hydrogens is 219 g/mol. The molecular formula is C12H13FN4. The third-order valence-electron chi connectivity index (χ3n) is 2.52. The fourth-order valence-corrected chi connectivity index (χ4v) is 1.61. The second-order valence-corrected chi connectivity index (χ2v) is 3.68. The molecule has 1 aromatic heterocycles. The molecule has 0 radical (unpaired) electrons. The number of nitrogens with one attached hydrogen (secondary N) is 1. The molecule has 1 aromatic carbocycles. The number of nitrogens with two attached hydrogens (primary N) is 1. The van der Waals surface area contributed by atoms with Gasteiger partial charge in [0.15, 0.2) is 0 Å². The standard InChI is InChI=1S/C12H13FN4/c13-10-3-1-9(2-4-10)7-12(17-14)11-5-6-15-8-16-11/h1-6,8,12,17H,7,14H2. The van der Waals surface area contributed by atoms with Crippen LogP contribution >= 0.6 is 0 Å². The Morgan fingerprint density at radius 2 is 2.00 bits per heavy atom. The fourth-order valence-electron chi connectivity index (χ4n) is 1.61. The molecule has 1 atom stereocenters. The van der Waals surface area contributed by atoms with Gasteiger partial charge in [0.25, 0.3) is 0 Å². The van der Waals surface area contributed by atoms with E-state index in [0.717, 1.165) is 11.3 Å². The van der Waals surface area contributed by atoms with Crippen molar-refractivity contribution in [3.63, 3.8) is 0 Å². The van der Waals surface area contributed by atoms with Gasteiger partial charge in [-0.2, -0.15) is 0 Å². The van der Waals surface area contributed by atoms with Crippen LogP contribution in [0.15, 0.2) is 42.9 Å². The quantitative estimate of drug-likeness (QED) is 0.617. The van der Waals surface area contributed by atoms with E-state index in [9.17, 15) is 4.39 Å². The zero-order valence-corrected chi connectivity index (χ0v) is 9.18. The first-order chi connectivity index (χ1) is 8.29. The van der Waals surface area contributed by atoms with Crippen LogP contribution in [0.4, 0.5) is 4.39 Å². The van der Waals surface area contributed by atoms with Gasteiger partial charge in [0, 0.05) is 6.20 Å². The molecule has 0 aliphatic heterocycles. The van der Waals surface area contributed by atoms with E-state index in [1.807, 2.05) is 0 Å². The monoisotopic (exact) mass is 232 g/mol. The van der Waals surface area contributed by atoms with Gasteiger partial charge in [-0.1, -0.05) is 12.1 Å². The fraction of sp³-hybridized carbons (Fsp3) is 0.167. The summed E-state index contributed by atoms with van der Waals surface area (Å²) in [4.78, 5) is 7.99. The average Bonchev–Trinajstić information content (AvgIpc) is 2.39. The number of rotatable bonds is 4. The lowest BCUT2D eigenvalue weighted by Crippen LogP contribution is -2.30. The van der Waals surface area contributed by atoms with Gasteiger partial charge in [0.1, 0.15) is 12.1 Å². The number of halogens is 1. The van der Waals surface area contributed by atoms with Gasteiger partial charge in [-0.15, -0.1) is 0 Å². The summed E-state index contributed by atoms with van der Waals surface area (Å²) in [5.41, 5.74) is 4.50. The molecule has 3 N–H and O–H groups in total. The summed E-state index contributed by atoms with van der Waals surface area (Å²) in [5, 5.41) is 0. The highest BCUT2D eigenvalue weighted by molar-refractivity contribution is 5.19. The molecule has 0 aliphatic carbocycles. The van der Waals surface area contributed by atoms with Gasteiger partial charge in [-0.3, -0.25) is 11.3 Å². The number of benzene rings is 1. The van der Waals surface area contributed by atoms with Crippen LogP contribution in [0.25, 0.3) is 0 Å². The van der Waals surface area contributed by atoms with Gasteiger partial charge in [0.2, 0.25) is 0 Å². The lowest BCUT2D eigenvalue weighted by Gasteiger charge is -2.14. The van der Waals surface area contributed by atoms with Gasteiger partial charge < -0.3 is 0 Å². The minimum atomic E-state index is -0.243. The molecule has 0 fully saturated rings. The minimum absolute atomic E-state index is 0.108. The lowest BCUT2D eigenvalue weighted by atomic mass is 10.0. The van der Waals surface area contributed by atoms with Crippen molar-refractivity contribution in [1.29, 1.82) is 0 Å². The van der Waals surface area contributed by atoms with Crippen LogP contribution in [-0.4, -0.2) is 9.97 Å². The summed E-state index contributed by atoms with van der Waals surface area (Å²) in [6, 6.07) is 8.03. The molecule has 0 saturated carbocycles. The molecule has 0 amide bonds. The number of hydrogen-bond donors (Lipinski definition) is 2. The molecule has 1 heterocycles. The van der Waals surface area contributed by atoms with E-state index in [0.29, 0.717) is 6.42 Å². The zero-order chi connectivity index (χ0) is 12.1. The molecule has 0 bridgehead atoms. The predicted molar refractivity (Wildman–Crippen MR) is 62.2 cm³/mol. The Kier molecular flexibility index (Phi) is 3.74. The number of nitrogens with zero attached hydrogens (tertiary/aromatic N) is 2. The first-order valence-electron chi connectivity index (χ1n) is 5.26. The predicted octanol–water partition coefficient (Wildman–Crippen LogP) is 1.36. The Bertz CT molecular complexity index is 458. The highest BCUT2D eigenvalue weighted by atomic mass is 19.1. The molecule has 0 spiro atoms.